The molecule has 0 aliphatic heterocycles. The minimum Gasteiger partial charge on any atom is -0.468 e. The molecule has 0 aromatic heterocycles. The van der Waals surface area contributed by atoms with Gasteiger partial charge in [0.05, 0.1) is 19.1 Å². The number of benzene rings is 2. The van der Waals surface area contributed by atoms with E-state index < -0.39 is 5.97 Å². The van der Waals surface area contributed by atoms with E-state index in [9.17, 15) is 14.4 Å². The number of hydrogen-bond donors (Lipinski definition) is 2. The molecule has 6 nitrogen and oxygen atoms in total. The van der Waals surface area contributed by atoms with Crippen LogP contribution in [0.5, 0.6) is 0 Å². The summed E-state index contributed by atoms with van der Waals surface area (Å²) in [6, 6.07) is 12.0. The van der Waals surface area contributed by atoms with Crippen LogP contribution in [0.2, 0.25) is 5.02 Å². The molecule has 26 heavy (non-hydrogen) atoms. The molecule has 2 rings (SSSR count). The summed E-state index contributed by atoms with van der Waals surface area (Å²) in [5.41, 5.74) is 1.84. The molecular weight excluding hydrogens is 471 g/mol. The van der Waals surface area contributed by atoms with Gasteiger partial charge in [-0.3, -0.25) is 14.4 Å². The first kappa shape index (κ1) is 20.2. The van der Waals surface area contributed by atoms with Gasteiger partial charge < -0.3 is 15.4 Å². The Morgan fingerprint density at radius 1 is 1.12 bits per heavy atom. The lowest BCUT2D eigenvalue weighted by Crippen LogP contribution is -2.31. The highest BCUT2D eigenvalue weighted by Gasteiger charge is 2.11. The molecule has 136 valence electrons. The van der Waals surface area contributed by atoms with Gasteiger partial charge in [-0.15, -0.1) is 0 Å². The summed E-state index contributed by atoms with van der Waals surface area (Å²) in [5.74, 6) is -1.06. The number of hydrogen-bond acceptors (Lipinski definition) is 4. The molecule has 0 spiro atoms. The van der Waals surface area contributed by atoms with Crippen LogP contribution in [0.25, 0.3) is 0 Å². The van der Waals surface area contributed by atoms with Crippen molar-refractivity contribution in [3.05, 3.63) is 62.2 Å². The highest BCUT2D eigenvalue weighted by Crippen LogP contribution is 2.19. The number of nitrogens with one attached hydrogen (secondary N) is 2. The third kappa shape index (κ3) is 5.99. The Kier molecular flexibility index (Phi) is 7.40. The van der Waals surface area contributed by atoms with Gasteiger partial charge in [0.2, 0.25) is 5.91 Å². The van der Waals surface area contributed by atoms with Crippen LogP contribution in [0.4, 0.5) is 5.69 Å². The SMILES string of the molecule is COC(=O)CNC(=O)Cc1ccc(NC(=O)c2cc(Cl)ccc2I)cc1. The molecular formula is C18H16ClIN2O4. The van der Waals surface area contributed by atoms with Crippen molar-refractivity contribution >= 4 is 57.7 Å². The second kappa shape index (κ2) is 9.54. The Morgan fingerprint density at radius 3 is 2.46 bits per heavy atom. The lowest BCUT2D eigenvalue weighted by Gasteiger charge is -2.09. The fraction of sp³-hybridized carbons (Fsp3) is 0.167. The minimum atomic E-state index is -0.507. The molecule has 0 fully saturated rings. The van der Waals surface area contributed by atoms with Crippen LogP contribution in [0, 0.1) is 3.57 Å². The zero-order chi connectivity index (χ0) is 19.1. The van der Waals surface area contributed by atoms with Crippen molar-refractivity contribution in [2.75, 3.05) is 19.0 Å². The van der Waals surface area contributed by atoms with Crippen LogP contribution < -0.4 is 10.6 Å². The summed E-state index contributed by atoms with van der Waals surface area (Å²) < 4.78 is 5.25. The van der Waals surface area contributed by atoms with Crippen molar-refractivity contribution in [2.24, 2.45) is 0 Å². The topological polar surface area (TPSA) is 84.5 Å². The van der Waals surface area contributed by atoms with Crippen LogP contribution in [-0.4, -0.2) is 31.4 Å². The summed E-state index contributed by atoms with van der Waals surface area (Å²) in [4.78, 5) is 35.1. The van der Waals surface area contributed by atoms with E-state index in [1.165, 1.54) is 7.11 Å². The summed E-state index contributed by atoms with van der Waals surface area (Å²) in [6.07, 6.45) is 0.122. The third-order valence-electron chi connectivity index (χ3n) is 3.41. The summed E-state index contributed by atoms with van der Waals surface area (Å²) in [6.45, 7) is -0.165. The van der Waals surface area contributed by atoms with Crippen LogP contribution >= 0.6 is 34.2 Å². The Hall–Kier alpha value is -2.13. The highest BCUT2D eigenvalue weighted by atomic mass is 127. The van der Waals surface area contributed by atoms with Crippen LogP contribution in [0.3, 0.4) is 0 Å². The number of rotatable bonds is 6. The second-order valence-corrected chi connectivity index (χ2v) is 6.90. The number of anilines is 1. The zero-order valence-corrected chi connectivity index (χ0v) is 16.8. The molecule has 0 unspecified atom stereocenters. The van der Waals surface area contributed by atoms with Gasteiger partial charge in [0.1, 0.15) is 6.54 Å². The maximum Gasteiger partial charge on any atom is 0.325 e. The standard InChI is InChI=1S/C18H16ClIN2O4/c1-26-17(24)10-21-16(23)8-11-2-5-13(6-3-11)22-18(25)14-9-12(19)4-7-15(14)20/h2-7,9H,8,10H2,1H3,(H,21,23)(H,22,25). The number of halogens is 2. The van der Waals surface area contributed by atoms with Crippen molar-refractivity contribution in [1.82, 2.24) is 5.32 Å². The molecule has 0 aliphatic carbocycles. The molecule has 8 heteroatoms. The molecule has 2 aromatic carbocycles. The summed E-state index contributed by atoms with van der Waals surface area (Å²) >= 11 is 8.01. The van der Waals surface area contributed by atoms with Crippen molar-refractivity contribution in [1.29, 1.82) is 0 Å². The normalized spacial score (nSPS) is 10.1. The number of amides is 2. The van der Waals surface area contributed by atoms with E-state index in [1.807, 2.05) is 0 Å². The van der Waals surface area contributed by atoms with E-state index in [-0.39, 0.29) is 24.8 Å². The van der Waals surface area contributed by atoms with Gasteiger partial charge in [-0.2, -0.15) is 0 Å². The molecule has 0 saturated carbocycles. The molecule has 2 amide bonds. The quantitative estimate of drug-likeness (QED) is 0.486. The van der Waals surface area contributed by atoms with E-state index in [0.717, 1.165) is 9.13 Å². The first-order chi connectivity index (χ1) is 12.4. The molecule has 0 saturated heterocycles. The van der Waals surface area contributed by atoms with E-state index in [4.69, 9.17) is 11.6 Å². The number of carbonyl (C=O) groups excluding carboxylic acids is 3. The Labute approximate surface area is 169 Å². The van der Waals surface area contributed by atoms with Crippen molar-refractivity contribution in [3.63, 3.8) is 0 Å². The number of methoxy groups -OCH3 is 1. The van der Waals surface area contributed by atoms with E-state index in [0.29, 0.717) is 16.3 Å². The number of esters is 1. The smallest absolute Gasteiger partial charge is 0.325 e. The predicted molar refractivity (Wildman–Crippen MR) is 107 cm³/mol. The average molecular weight is 487 g/mol. The van der Waals surface area contributed by atoms with E-state index in [1.54, 1.807) is 42.5 Å². The van der Waals surface area contributed by atoms with Gasteiger partial charge >= 0.3 is 5.97 Å². The van der Waals surface area contributed by atoms with Gasteiger partial charge in [0.25, 0.3) is 5.91 Å². The fourth-order valence-corrected chi connectivity index (χ4v) is 2.82. The Balaban J connectivity index is 1.94. The monoisotopic (exact) mass is 486 g/mol. The van der Waals surface area contributed by atoms with Gasteiger partial charge in [-0.05, 0) is 58.5 Å². The molecule has 0 heterocycles. The van der Waals surface area contributed by atoms with Crippen LogP contribution in [-0.2, 0) is 20.7 Å². The molecule has 0 atom stereocenters. The zero-order valence-electron chi connectivity index (χ0n) is 13.8. The largest absolute Gasteiger partial charge is 0.468 e. The maximum absolute atomic E-state index is 12.3. The minimum absolute atomic E-state index is 0.122. The fourth-order valence-electron chi connectivity index (χ4n) is 2.07. The molecule has 0 aliphatic rings. The molecule has 2 N–H and O–H groups in total. The first-order valence-corrected chi connectivity index (χ1v) is 9.03. The maximum atomic E-state index is 12.3. The van der Waals surface area contributed by atoms with Crippen molar-refractivity contribution < 1.29 is 19.1 Å². The number of ether oxygens (including phenoxy) is 1. The van der Waals surface area contributed by atoms with Crippen molar-refractivity contribution in [3.8, 4) is 0 Å². The third-order valence-corrected chi connectivity index (χ3v) is 4.58. The average Bonchev–Trinajstić information content (AvgIpc) is 2.63. The Bertz CT molecular complexity index is 824. The summed E-state index contributed by atoms with van der Waals surface area (Å²) in [7, 11) is 1.26. The second-order valence-electron chi connectivity index (χ2n) is 5.30. The molecule has 0 radical (unpaired) electrons. The lowest BCUT2D eigenvalue weighted by molar-refractivity contribution is -0.141. The van der Waals surface area contributed by atoms with E-state index in [2.05, 4.69) is 38.0 Å². The summed E-state index contributed by atoms with van der Waals surface area (Å²) in [5, 5.41) is 5.75. The van der Waals surface area contributed by atoms with Gasteiger partial charge in [0, 0.05) is 14.3 Å². The van der Waals surface area contributed by atoms with Crippen LogP contribution in [0.15, 0.2) is 42.5 Å². The van der Waals surface area contributed by atoms with Gasteiger partial charge in [0.15, 0.2) is 0 Å². The Morgan fingerprint density at radius 2 is 1.81 bits per heavy atom. The highest BCUT2D eigenvalue weighted by molar-refractivity contribution is 14.1. The van der Waals surface area contributed by atoms with Gasteiger partial charge in [-0.25, -0.2) is 0 Å². The lowest BCUT2D eigenvalue weighted by atomic mass is 10.1. The molecule has 2 aromatic rings. The van der Waals surface area contributed by atoms with Crippen LogP contribution in [0.1, 0.15) is 15.9 Å². The van der Waals surface area contributed by atoms with E-state index >= 15 is 0 Å². The van der Waals surface area contributed by atoms with Crippen molar-refractivity contribution in [2.45, 2.75) is 6.42 Å². The molecule has 0 bridgehead atoms. The van der Waals surface area contributed by atoms with Gasteiger partial charge in [-0.1, -0.05) is 23.7 Å². The number of carbonyl (C=O) groups is 3. The predicted octanol–water partition coefficient (Wildman–Crippen LogP) is 3.03. The first-order valence-electron chi connectivity index (χ1n) is 7.58.